The summed E-state index contributed by atoms with van der Waals surface area (Å²) in [6.07, 6.45) is 3.73. The van der Waals surface area contributed by atoms with Crippen LogP contribution in [0.1, 0.15) is 11.1 Å². The molecule has 0 saturated carbocycles. The number of aromatic nitrogens is 3. The summed E-state index contributed by atoms with van der Waals surface area (Å²) < 4.78 is 15.0. The van der Waals surface area contributed by atoms with Crippen LogP contribution in [0.15, 0.2) is 60.9 Å². The molecular formula is C21H16ClFN4O. The van der Waals surface area contributed by atoms with Gasteiger partial charge in [0.2, 0.25) is 5.91 Å². The number of rotatable bonds is 4. The largest absolute Gasteiger partial charge is 0.308 e. The molecule has 0 aliphatic carbocycles. The van der Waals surface area contributed by atoms with E-state index in [1.807, 2.05) is 13.1 Å². The van der Waals surface area contributed by atoms with Crippen molar-refractivity contribution in [2.75, 3.05) is 5.32 Å². The summed E-state index contributed by atoms with van der Waals surface area (Å²) in [6.45, 7) is 1.91. The zero-order chi connectivity index (χ0) is 19.7. The summed E-state index contributed by atoms with van der Waals surface area (Å²) in [5.74, 6) is -0.174. The zero-order valence-electron chi connectivity index (χ0n) is 15.0. The number of anilines is 1. The van der Waals surface area contributed by atoms with Gasteiger partial charge in [-0.05, 0) is 47.9 Å². The molecule has 2 aromatic carbocycles. The van der Waals surface area contributed by atoms with E-state index in [1.165, 1.54) is 12.1 Å². The minimum Gasteiger partial charge on any atom is -0.308 e. The lowest BCUT2D eigenvalue weighted by atomic mass is 10.1. The predicted molar refractivity (Wildman–Crippen MR) is 107 cm³/mol. The van der Waals surface area contributed by atoms with E-state index in [0.29, 0.717) is 22.1 Å². The topological polar surface area (TPSA) is 59.3 Å². The number of carbonyl (C=O) groups excluding carboxylic acids is 1. The number of aryl methyl sites for hydroxylation is 1. The zero-order valence-corrected chi connectivity index (χ0v) is 15.7. The van der Waals surface area contributed by atoms with Crippen LogP contribution in [0.4, 0.5) is 10.2 Å². The van der Waals surface area contributed by atoms with Crippen LogP contribution in [0, 0.1) is 12.7 Å². The van der Waals surface area contributed by atoms with Crippen molar-refractivity contribution in [2.45, 2.75) is 13.3 Å². The highest BCUT2D eigenvalue weighted by molar-refractivity contribution is 6.30. The van der Waals surface area contributed by atoms with Gasteiger partial charge in [0, 0.05) is 17.4 Å². The Hall–Kier alpha value is -3.25. The van der Waals surface area contributed by atoms with E-state index in [1.54, 1.807) is 47.1 Å². The summed E-state index contributed by atoms with van der Waals surface area (Å²) >= 11 is 5.89. The standard InChI is InChI=1S/C21H16ClFN4O/c1-13-11-24-21-19(15-4-8-17(23)9-5-15)20(26-27(21)12-13)25-18(28)10-14-2-6-16(22)7-3-14/h2-9,11-12H,10H2,1H3,(H,25,26,28). The van der Waals surface area contributed by atoms with Crippen LogP contribution in [0.25, 0.3) is 16.8 Å². The second-order valence-electron chi connectivity index (χ2n) is 6.48. The predicted octanol–water partition coefficient (Wildman–Crippen LogP) is 4.68. The van der Waals surface area contributed by atoms with Crippen molar-refractivity contribution in [2.24, 2.45) is 0 Å². The van der Waals surface area contributed by atoms with Gasteiger partial charge in [-0.3, -0.25) is 4.79 Å². The summed E-state index contributed by atoms with van der Waals surface area (Å²) in [7, 11) is 0. The van der Waals surface area contributed by atoms with Crippen molar-refractivity contribution in [1.82, 2.24) is 14.6 Å². The highest BCUT2D eigenvalue weighted by Gasteiger charge is 2.18. The summed E-state index contributed by atoms with van der Waals surface area (Å²) in [5, 5.41) is 7.95. The molecule has 2 aromatic heterocycles. The molecule has 0 fully saturated rings. The lowest BCUT2D eigenvalue weighted by Crippen LogP contribution is -2.15. The second kappa shape index (κ2) is 7.40. The third kappa shape index (κ3) is 3.73. The molecule has 1 amide bonds. The molecule has 4 aromatic rings. The van der Waals surface area contributed by atoms with E-state index in [0.717, 1.165) is 16.7 Å². The maximum absolute atomic E-state index is 13.4. The van der Waals surface area contributed by atoms with Crippen molar-refractivity contribution in [1.29, 1.82) is 0 Å². The van der Waals surface area contributed by atoms with Crippen LogP contribution in [0.3, 0.4) is 0 Å². The van der Waals surface area contributed by atoms with Crippen LogP contribution in [-0.2, 0) is 11.2 Å². The number of benzene rings is 2. The molecule has 0 radical (unpaired) electrons. The van der Waals surface area contributed by atoms with Gasteiger partial charge in [-0.25, -0.2) is 13.9 Å². The fourth-order valence-electron chi connectivity index (χ4n) is 2.96. The molecule has 140 valence electrons. The minimum absolute atomic E-state index is 0.181. The van der Waals surface area contributed by atoms with Gasteiger partial charge in [0.15, 0.2) is 11.5 Å². The van der Waals surface area contributed by atoms with Gasteiger partial charge < -0.3 is 5.32 Å². The van der Waals surface area contributed by atoms with E-state index in [4.69, 9.17) is 11.6 Å². The van der Waals surface area contributed by atoms with Gasteiger partial charge in [0.25, 0.3) is 0 Å². The molecule has 0 spiro atoms. The maximum atomic E-state index is 13.4. The number of nitrogens with zero attached hydrogens (tertiary/aromatic N) is 3. The Kier molecular flexibility index (Phi) is 4.79. The van der Waals surface area contributed by atoms with Gasteiger partial charge in [0.05, 0.1) is 12.0 Å². The number of amides is 1. The first-order valence-corrected chi connectivity index (χ1v) is 9.02. The first-order valence-electron chi connectivity index (χ1n) is 8.65. The van der Waals surface area contributed by atoms with Gasteiger partial charge in [-0.15, -0.1) is 5.10 Å². The molecule has 0 bridgehead atoms. The van der Waals surface area contributed by atoms with Crippen LogP contribution in [0.2, 0.25) is 5.02 Å². The van der Waals surface area contributed by atoms with Crippen molar-refractivity contribution >= 4 is 29.0 Å². The van der Waals surface area contributed by atoms with Crippen LogP contribution in [-0.4, -0.2) is 20.5 Å². The van der Waals surface area contributed by atoms with Crippen LogP contribution >= 0.6 is 11.6 Å². The molecule has 0 aliphatic rings. The van der Waals surface area contributed by atoms with Crippen LogP contribution in [0.5, 0.6) is 0 Å². The van der Waals surface area contributed by atoms with E-state index in [9.17, 15) is 9.18 Å². The lowest BCUT2D eigenvalue weighted by Gasteiger charge is -2.06. The molecule has 2 heterocycles. The first-order chi connectivity index (χ1) is 13.5. The number of carbonyl (C=O) groups is 1. The third-order valence-electron chi connectivity index (χ3n) is 4.27. The molecule has 0 aliphatic heterocycles. The minimum atomic E-state index is -0.336. The summed E-state index contributed by atoms with van der Waals surface area (Å²) in [5.41, 5.74) is 3.71. The van der Waals surface area contributed by atoms with E-state index in [2.05, 4.69) is 15.4 Å². The second-order valence-corrected chi connectivity index (χ2v) is 6.92. The molecule has 0 atom stereocenters. The summed E-state index contributed by atoms with van der Waals surface area (Å²) in [6, 6.07) is 13.1. The van der Waals surface area contributed by atoms with Crippen molar-refractivity contribution < 1.29 is 9.18 Å². The number of halogens is 2. The first kappa shape index (κ1) is 18.1. The Labute approximate surface area is 165 Å². The number of nitrogens with one attached hydrogen (secondary N) is 1. The molecule has 7 heteroatoms. The Morgan fingerprint density at radius 3 is 2.57 bits per heavy atom. The molecule has 0 saturated heterocycles. The molecule has 0 unspecified atom stereocenters. The smallest absolute Gasteiger partial charge is 0.230 e. The van der Waals surface area contributed by atoms with Crippen molar-refractivity contribution in [3.05, 3.63) is 82.9 Å². The molecule has 28 heavy (non-hydrogen) atoms. The SMILES string of the molecule is Cc1cnc2c(-c3ccc(F)cc3)c(NC(=O)Cc3ccc(Cl)cc3)nn2c1. The fourth-order valence-corrected chi connectivity index (χ4v) is 3.09. The third-order valence-corrected chi connectivity index (χ3v) is 4.52. The van der Waals surface area contributed by atoms with Crippen LogP contribution < -0.4 is 5.32 Å². The van der Waals surface area contributed by atoms with Gasteiger partial charge in [-0.1, -0.05) is 35.9 Å². The average molecular weight is 395 g/mol. The quantitative estimate of drug-likeness (QED) is 0.546. The fraction of sp³-hybridized carbons (Fsp3) is 0.0952. The van der Waals surface area contributed by atoms with E-state index >= 15 is 0 Å². The monoisotopic (exact) mass is 394 g/mol. The molecule has 5 nitrogen and oxygen atoms in total. The van der Waals surface area contributed by atoms with Gasteiger partial charge >= 0.3 is 0 Å². The van der Waals surface area contributed by atoms with Gasteiger partial charge in [0.1, 0.15) is 5.82 Å². The Morgan fingerprint density at radius 1 is 1.14 bits per heavy atom. The Balaban J connectivity index is 1.71. The molecular weight excluding hydrogens is 379 g/mol. The summed E-state index contributed by atoms with van der Waals surface area (Å²) in [4.78, 5) is 17.0. The number of fused-ring (bicyclic) bond motifs is 1. The highest BCUT2D eigenvalue weighted by atomic mass is 35.5. The Morgan fingerprint density at radius 2 is 1.86 bits per heavy atom. The van der Waals surface area contributed by atoms with Gasteiger partial charge in [-0.2, -0.15) is 0 Å². The Bertz CT molecular complexity index is 1150. The molecule has 4 rings (SSSR count). The van der Waals surface area contributed by atoms with Crippen molar-refractivity contribution in [3.8, 4) is 11.1 Å². The van der Waals surface area contributed by atoms with Crippen molar-refractivity contribution in [3.63, 3.8) is 0 Å². The van der Waals surface area contributed by atoms with E-state index in [-0.39, 0.29) is 18.1 Å². The lowest BCUT2D eigenvalue weighted by molar-refractivity contribution is -0.115. The normalized spacial score (nSPS) is 11.0. The number of hydrogen-bond acceptors (Lipinski definition) is 3. The number of hydrogen-bond donors (Lipinski definition) is 1. The maximum Gasteiger partial charge on any atom is 0.230 e. The highest BCUT2D eigenvalue weighted by Crippen LogP contribution is 2.31. The van der Waals surface area contributed by atoms with E-state index < -0.39 is 0 Å². The molecule has 1 N–H and O–H groups in total. The average Bonchev–Trinajstić information content (AvgIpc) is 3.01.